The Labute approximate surface area is 159 Å². The Bertz CT molecular complexity index is 793. The molecule has 144 valence electrons. The van der Waals surface area contributed by atoms with Crippen molar-refractivity contribution < 1.29 is 18.7 Å². The maximum Gasteiger partial charge on any atom is 0.226 e. The van der Waals surface area contributed by atoms with E-state index in [4.69, 9.17) is 9.47 Å². The molecule has 5 heteroatoms. The Morgan fingerprint density at radius 3 is 2.41 bits per heavy atom. The smallest absolute Gasteiger partial charge is 0.226 e. The van der Waals surface area contributed by atoms with Gasteiger partial charge in [0.2, 0.25) is 5.91 Å². The van der Waals surface area contributed by atoms with E-state index in [2.05, 4.69) is 26.0 Å². The number of methoxy groups -OCH3 is 1. The zero-order valence-corrected chi connectivity index (χ0v) is 16.1. The van der Waals surface area contributed by atoms with Crippen molar-refractivity contribution in [1.82, 2.24) is 4.90 Å². The van der Waals surface area contributed by atoms with Gasteiger partial charge in [0, 0.05) is 25.9 Å². The number of aryl methyl sites for hydroxylation is 2. The third-order valence-electron chi connectivity index (χ3n) is 5.06. The summed E-state index contributed by atoms with van der Waals surface area (Å²) in [6.45, 7) is 5.42. The first kappa shape index (κ1) is 19.2. The van der Waals surface area contributed by atoms with E-state index in [1.165, 1.54) is 13.2 Å². The Hall–Kier alpha value is -2.56. The molecule has 1 aliphatic heterocycles. The van der Waals surface area contributed by atoms with Crippen LogP contribution in [-0.4, -0.2) is 37.1 Å². The van der Waals surface area contributed by atoms with Gasteiger partial charge in [-0.3, -0.25) is 4.79 Å². The number of likely N-dealkylation sites (tertiary alicyclic amines) is 1. The minimum atomic E-state index is -0.441. The molecule has 0 saturated carbocycles. The molecular formula is C22H26FNO3. The molecule has 1 heterocycles. The molecule has 27 heavy (non-hydrogen) atoms. The summed E-state index contributed by atoms with van der Waals surface area (Å²) >= 11 is 0. The van der Waals surface area contributed by atoms with Crippen LogP contribution < -0.4 is 9.47 Å². The Morgan fingerprint density at radius 2 is 1.81 bits per heavy atom. The highest BCUT2D eigenvalue weighted by Gasteiger charge is 2.25. The largest absolute Gasteiger partial charge is 0.494 e. The molecule has 1 amide bonds. The lowest BCUT2D eigenvalue weighted by Crippen LogP contribution is -2.42. The predicted octanol–water partition coefficient (Wildman–Crippen LogP) is 4.06. The molecule has 0 N–H and O–H groups in total. The third kappa shape index (κ3) is 4.59. The van der Waals surface area contributed by atoms with E-state index in [0.29, 0.717) is 18.7 Å². The molecule has 0 aliphatic carbocycles. The normalized spacial score (nSPS) is 14.9. The first-order valence-corrected chi connectivity index (χ1v) is 9.31. The number of piperidine rings is 1. The summed E-state index contributed by atoms with van der Waals surface area (Å²) in [5.74, 6) is 0.722. The van der Waals surface area contributed by atoms with Crippen LogP contribution >= 0.6 is 0 Å². The number of benzene rings is 2. The summed E-state index contributed by atoms with van der Waals surface area (Å²) in [7, 11) is 1.42. The van der Waals surface area contributed by atoms with Crippen LogP contribution in [0, 0.1) is 19.7 Å². The van der Waals surface area contributed by atoms with E-state index in [1.54, 1.807) is 12.1 Å². The Morgan fingerprint density at radius 1 is 1.15 bits per heavy atom. The Balaban J connectivity index is 1.54. The zero-order valence-electron chi connectivity index (χ0n) is 16.1. The van der Waals surface area contributed by atoms with Gasteiger partial charge in [0.15, 0.2) is 11.6 Å². The summed E-state index contributed by atoms with van der Waals surface area (Å²) < 4.78 is 24.9. The quantitative estimate of drug-likeness (QED) is 0.795. The van der Waals surface area contributed by atoms with E-state index < -0.39 is 5.82 Å². The minimum Gasteiger partial charge on any atom is -0.494 e. The van der Waals surface area contributed by atoms with Crippen molar-refractivity contribution in [3.05, 3.63) is 58.9 Å². The third-order valence-corrected chi connectivity index (χ3v) is 5.06. The van der Waals surface area contributed by atoms with Gasteiger partial charge in [0.25, 0.3) is 0 Å². The van der Waals surface area contributed by atoms with Gasteiger partial charge in [-0.05, 0) is 42.7 Å². The maximum absolute atomic E-state index is 13.8. The summed E-state index contributed by atoms with van der Waals surface area (Å²) in [6.07, 6.45) is 1.92. The van der Waals surface area contributed by atoms with Gasteiger partial charge in [-0.25, -0.2) is 4.39 Å². The van der Waals surface area contributed by atoms with Crippen molar-refractivity contribution in [2.75, 3.05) is 20.2 Å². The first-order valence-electron chi connectivity index (χ1n) is 9.31. The lowest BCUT2D eigenvalue weighted by Gasteiger charge is -2.33. The number of halogens is 1. The minimum absolute atomic E-state index is 0.0186. The molecule has 1 fully saturated rings. The number of para-hydroxylation sites is 1. The van der Waals surface area contributed by atoms with Gasteiger partial charge in [0.1, 0.15) is 11.9 Å². The monoisotopic (exact) mass is 371 g/mol. The molecule has 0 aromatic heterocycles. The summed E-state index contributed by atoms with van der Waals surface area (Å²) in [6, 6.07) is 10.8. The number of hydrogen-bond donors (Lipinski definition) is 0. The standard InChI is InChI=1S/C22H26FNO3/c1-15-5-4-6-16(2)22(15)27-18-9-11-24(12-10-18)21(25)14-17-7-8-20(26-3)19(23)13-17/h4-8,13,18H,9-12,14H2,1-3H3. The van der Waals surface area contributed by atoms with Gasteiger partial charge in [-0.2, -0.15) is 0 Å². The second kappa shape index (κ2) is 8.42. The highest BCUT2D eigenvalue weighted by molar-refractivity contribution is 5.79. The molecule has 1 aliphatic rings. The van der Waals surface area contributed by atoms with Crippen molar-refractivity contribution in [2.24, 2.45) is 0 Å². The SMILES string of the molecule is COc1ccc(CC(=O)N2CCC(Oc3c(C)cccc3C)CC2)cc1F. The van der Waals surface area contributed by atoms with Crippen LogP contribution in [0.5, 0.6) is 11.5 Å². The number of ether oxygens (including phenoxy) is 2. The molecular weight excluding hydrogens is 345 g/mol. The fraction of sp³-hybridized carbons (Fsp3) is 0.409. The van der Waals surface area contributed by atoms with Crippen molar-refractivity contribution in [1.29, 1.82) is 0 Å². The average molecular weight is 371 g/mol. The van der Waals surface area contributed by atoms with Gasteiger partial charge in [-0.1, -0.05) is 24.3 Å². The van der Waals surface area contributed by atoms with Crippen LogP contribution in [0.1, 0.15) is 29.5 Å². The molecule has 0 radical (unpaired) electrons. The predicted molar refractivity (Wildman–Crippen MR) is 103 cm³/mol. The molecule has 4 nitrogen and oxygen atoms in total. The van der Waals surface area contributed by atoms with Gasteiger partial charge in [-0.15, -0.1) is 0 Å². The fourth-order valence-electron chi connectivity index (χ4n) is 3.48. The second-order valence-corrected chi connectivity index (χ2v) is 7.06. The summed E-state index contributed by atoms with van der Waals surface area (Å²) in [4.78, 5) is 14.4. The van der Waals surface area contributed by atoms with Crippen molar-refractivity contribution in [3.63, 3.8) is 0 Å². The van der Waals surface area contributed by atoms with Crippen LogP contribution in [0.3, 0.4) is 0 Å². The molecule has 3 rings (SSSR count). The number of carbonyl (C=O) groups is 1. The lowest BCUT2D eigenvalue weighted by molar-refractivity contribution is -0.132. The number of rotatable bonds is 5. The van der Waals surface area contributed by atoms with E-state index >= 15 is 0 Å². The van der Waals surface area contributed by atoms with Crippen molar-refractivity contribution >= 4 is 5.91 Å². The van der Waals surface area contributed by atoms with Crippen LogP contribution in [0.4, 0.5) is 4.39 Å². The van der Waals surface area contributed by atoms with E-state index in [9.17, 15) is 9.18 Å². The molecule has 0 unspecified atom stereocenters. The Kier molecular flexibility index (Phi) is 5.99. The number of hydrogen-bond acceptors (Lipinski definition) is 3. The number of nitrogens with zero attached hydrogens (tertiary/aromatic N) is 1. The highest BCUT2D eigenvalue weighted by Crippen LogP contribution is 2.26. The van der Waals surface area contributed by atoms with Crippen molar-refractivity contribution in [2.45, 2.75) is 39.2 Å². The van der Waals surface area contributed by atoms with Crippen LogP contribution in [0.15, 0.2) is 36.4 Å². The molecule has 2 aromatic carbocycles. The van der Waals surface area contributed by atoms with E-state index in [-0.39, 0.29) is 24.2 Å². The molecule has 1 saturated heterocycles. The topological polar surface area (TPSA) is 38.8 Å². The zero-order chi connectivity index (χ0) is 19.4. The number of carbonyl (C=O) groups excluding carboxylic acids is 1. The first-order chi connectivity index (χ1) is 13.0. The van der Waals surface area contributed by atoms with E-state index in [1.807, 2.05) is 11.0 Å². The van der Waals surface area contributed by atoms with E-state index in [0.717, 1.165) is 29.7 Å². The fourth-order valence-corrected chi connectivity index (χ4v) is 3.48. The van der Waals surface area contributed by atoms with Gasteiger partial charge < -0.3 is 14.4 Å². The summed E-state index contributed by atoms with van der Waals surface area (Å²) in [5.41, 5.74) is 2.93. The van der Waals surface area contributed by atoms with Gasteiger partial charge >= 0.3 is 0 Å². The molecule has 0 spiro atoms. The average Bonchev–Trinajstić information content (AvgIpc) is 2.65. The maximum atomic E-state index is 13.8. The molecule has 2 aromatic rings. The second-order valence-electron chi connectivity index (χ2n) is 7.06. The van der Waals surface area contributed by atoms with Crippen molar-refractivity contribution in [3.8, 4) is 11.5 Å². The van der Waals surface area contributed by atoms with Crippen LogP contribution in [0.25, 0.3) is 0 Å². The molecule has 0 atom stereocenters. The van der Waals surface area contributed by atoms with Gasteiger partial charge in [0.05, 0.1) is 13.5 Å². The molecule has 0 bridgehead atoms. The number of amides is 1. The lowest BCUT2D eigenvalue weighted by atomic mass is 10.0. The summed E-state index contributed by atoms with van der Waals surface area (Å²) in [5, 5.41) is 0. The van der Waals surface area contributed by atoms with Crippen LogP contribution in [-0.2, 0) is 11.2 Å². The van der Waals surface area contributed by atoms with Crippen LogP contribution in [0.2, 0.25) is 0 Å². The highest BCUT2D eigenvalue weighted by atomic mass is 19.1.